The first kappa shape index (κ1) is 26.8. The average Bonchev–Trinajstić information content (AvgIpc) is 2.93. The van der Waals surface area contributed by atoms with Crippen molar-refractivity contribution in [2.75, 3.05) is 51.2 Å². The van der Waals surface area contributed by atoms with Crippen molar-refractivity contribution in [3.63, 3.8) is 0 Å². The number of hydrogen-bond acceptors (Lipinski definition) is 7. The van der Waals surface area contributed by atoms with E-state index in [2.05, 4.69) is 38.6 Å². The number of hydrogen-bond donors (Lipinski definition) is 1. The number of allylic oxidation sites excluding steroid dienone is 1. The van der Waals surface area contributed by atoms with Gasteiger partial charge < -0.3 is 19.9 Å². The highest BCUT2D eigenvalue weighted by molar-refractivity contribution is 6.32. The molecule has 0 atom stereocenters. The maximum absolute atomic E-state index is 11.8. The Hall–Kier alpha value is -3.26. The number of nitrogens with one attached hydrogen (secondary N) is 1. The molecule has 1 aromatic heterocycles. The fourth-order valence-corrected chi connectivity index (χ4v) is 4.53. The second-order valence-corrected chi connectivity index (χ2v) is 9.48. The summed E-state index contributed by atoms with van der Waals surface area (Å²) >= 11 is 6.42. The second-order valence-electron chi connectivity index (χ2n) is 9.07. The Kier molecular flexibility index (Phi) is 9.65. The Morgan fingerprint density at radius 3 is 2.70 bits per heavy atom. The molecule has 7 nitrogen and oxygen atoms in total. The fraction of sp³-hybridized carbons (Fsp3) is 0.345. The van der Waals surface area contributed by atoms with Gasteiger partial charge in [0, 0.05) is 56.5 Å². The molecule has 3 aromatic rings. The summed E-state index contributed by atoms with van der Waals surface area (Å²) in [6.07, 6.45) is 4.19. The highest BCUT2D eigenvalue weighted by Crippen LogP contribution is 2.28. The van der Waals surface area contributed by atoms with Gasteiger partial charge in [-0.3, -0.25) is 4.79 Å². The Morgan fingerprint density at radius 2 is 1.92 bits per heavy atom. The van der Waals surface area contributed by atoms with Crippen LogP contribution in [0, 0.1) is 0 Å². The summed E-state index contributed by atoms with van der Waals surface area (Å²) in [6.45, 7) is 13.2. The van der Waals surface area contributed by atoms with Gasteiger partial charge in [0.2, 0.25) is 5.95 Å². The first-order valence-electron chi connectivity index (χ1n) is 12.8. The van der Waals surface area contributed by atoms with Crippen LogP contribution in [0.1, 0.15) is 18.9 Å². The van der Waals surface area contributed by atoms with Crippen LogP contribution in [0.4, 0.5) is 11.6 Å². The minimum atomic E-state index is -0.0369. The quantitative estimate of drug-likeness (QED) is 0.259. The van der Waals surface area contributed by atoms with Crippen molar-refractivity contribution < 1.29 is 9.53 Å². The molecule has 1 N–H and O–H groups in total. The number of benzene rings is 2. The average molecular weight is 520 g/mol. The van der Waals surface area contributed by atoms with Crippen LogP contribution in [0.25, 0.3) is 11.3 Å². The topological polar surface area (TPSA) is 70.6 Å². The van der Waals surface area contributed by atoms with Gasteiger partial charge in [-0.15, -0.1) is 0 Å². The standard InChI is InChI=1S/C29H34ClN5O2/c1-3-25(36)19-22-8-5-9-23(18-22)28-27(30)21-31-29(33-28)32-24-10-6-11-26(20-24)37-17-7-12-35-15-13-34(4-2)14-16-35/h3,5-6,8-11,18,20-21H,1,4,7,12-17,19H2,2H3,(H,31,32,33). The Bertz CT molecular complexity index is 1210. The molecular formula is C29H34ClN5O2. The van der Waals surface area contributed by atoms with Gasteiger partial charge in [0.25, 0.3) is 0 Å². The SMILES string of the molecule is C=CC(=O)Cc1cccc(-c2nc(Nc3cccc(OCCCN4CCN(CC)CC4)c3)ncc2Cl)c1. The number of carbonyl (C=O) groups excluding carboxylic acids is 1. The third-order valence-corrected chi connectivity index (χ3v) is 6.72. The van der Waals surface area contributed by atoms with E-state index in [1.54, 1.807) is 6.20 Å². The van der Waals surface area contributed by atoms with Gasteiger partial charge in [-0.1, -0.05) is 49.4 Å². The number of aromatic nitrogens is 2. The van der Waals surface area contributed by atoms with E-state index < -0.39 is 0 Å². The van der Waals surface area contributed by atoms with Crippen LogP contribution in [0.15, 0.2) is 67.4 Å². The largest absolute Gasteiger partial charge is 0.493 e. The summed E-state index contributed by atoms with van der Waals surface area (Å²) in [4.78, 5) is 25.7. The lowest BCUT2D eigenvalue weighted by molar-refractivity contribution is -0.114. The number of likely N-dealkylation sites (N-methyl/N-ethyl adjacent to an activating group) is 1. The first-order chi connectivity index (χ1) is 18.0. The fourth-order valence-electron chi connectivity index (χ4n) is 4.33. The third-order valence-electron chi connectivity index (χ3n) is 6.44. The highest BCUT2D eigenvalue weighted by atomic mass is 35.5. The zero-order valence-electron chi connectivity index (χ0n) is 21.3. The monoisotopic (exact) mass is 519 g/mol. The van der Waals surface area contributed by atoms with Crippen LogP contribution in [0.2, 0.25) is 5.02 Å². The molecule has 1 aliphatic heterocycles. The summed E-state index contributed by atoms with van der Waals surface area (Å²) < 4.78 is 6.01. The molecule has 0 radical (unpaired) electrons. The van der Waals surface area contributed by atoms with E-state index in [9.17, 15) is 4.79 Å². The summed E-state index contributed by atoms with van der Waals surface area (Å²) in [5.41, 5.74) is 3.11. The van der Waals surface area contributed by atoms with Gasteiger partial charge in [-0.2, -0.15) is 0 Å². The molecule has 2 aromatic carbocycles. The molecule has 0 amide bonds. The molecule has 1 aliphatic rings. The van der Waals surface area contributed by atoms with Gasteiger partial charge in [0.15, 0.2) is 5.78 Å². The van der Waals surface area contributed by atoms with Gasteiger partial charge in [-0.05, 0) is 42.8 Å². The van der Waals surface area contributed by atoms with Gasteiger partial charge in [0.1, 0.15) is 5.75 Å². The Balaban J connectivity index is 1.34. The zero-order chi connectivity index (χ0) is 26.0. The number of carbonyl (C=O) groups is 1. The number of rotatable bonds is 12. The molecule has 0 bridgehead atoms. The molecule has 0 aliphatic carbocycles. The van der Waals surface area contributed by atoms with E-state index in [4.69, 9.17) is 16.3 Å². The molecule has 1 saturated heterocycles. The number of nitrogens with zero attached hydrogens (tertiary/aromatic N) is 4. The minimum absolute atomic E-state index is 0.0369. The molecular weight excluding hydrogens is 486 g/mol. The summed E-state index contributed by atoms with van der Waals surface area (Å²) in [6, 6.07) is 15.4. The molecule has 4 rings (SSSR count). The van der Waals surface area contributed by atoms with E-state index in [1.807, 2.05) is 48.5 Å². The van der Waals surface area contributed by atoms with Crippen molar-refractivity contribution >= 4 is 29.0 Å². The number of ketones is 1. The smallest absolute Gasteiger partial charge is 0.227 e. The number of piperazine rings is 1. The third kappa shape index (κ3) is 7.86. The summed E-state index contributed by atoms with van der Waals surface area (Å²) in [5.74, 6) is 1.19. The Labute approximate surface area is 224 Å². The summed E-state index contributed by atoms with van der Waals surface area (Å²) in [7, 11) is 0. The van der Waals surface area contributed by atoms with E-state index in [1.165, 1.54) is 6.08 Å². The van der Waals surface area contributed by atoms with Crippen LogP contribution >= 0.6 is 11.6 Å². The molecule has 1 fully saturated rings. The molecule has 2 heterocycles. The molecule has 0 unspecified atom stereocenters. The predicted octanol–water partition coefficient (Wildman–Crippen LogP) is 5.24. The molecule has 8 heteroatoms. The van der Waals surface area contributed by atoms with Crippen LogP contribution in [0.3, 0.4) is 0 Å². The number of ether oxygens (including phenoxy) is 1. The number of halogens is 1. The van der Waals surface area contributed by atoms with Crippen molar-refractivity contribution in [2.45, 2.75) is 19.8 Å². The van der Waals surface area contributed by atoms with E-state index in [0.717, 1.165) is 68.3 Å². The van der Waals surface area contributed by atoms with Crippen molar-refractivity contribution in [1.29, 1.82) is 0 Å². The lowest BCUT2D eigenvalue weighted by atomic mass is 10.0. The van der Waals surface area contributed by atoms with Crippen molar-refractivity contribution in [3.8, 4) is 17.0 Å². The number of anilines is 2. The maximum Gasteiger partial charge on any atom is 0.227 e. The second kappa shape index (κ2) is 13.3. The minimum Gasteiger partial charge on any atom is -0.493 e. The van der Waals surface area contributed by atoms with Gasteiger partial charge in [-0.25, -0.2) is 9.97 Å². The van der Waals surface area contributed by atoms with E-state index in [0.29, 0.717) is 23.3 Å². The summed E-state index contributed by atoms with van der Waals surface area (Å²) in [5, 5.41) is 3.68. The van der Waals surface area contributed by atoms with Crippen LogP contribution in [0.5, 0.6) is 5.75 Å². The zero-order valence-corrected chi connectivity index (χ0v) is 22.1. The first-order valence-corrected chi connectivity index (χ1v) is 13.1. The maximum atomic E-state index is 11.8. The Morgan fingerprint density at radius 1 is 1.14 bits per heavy atom. The molecule has 0 spiro atoms. The lowest BCUT2D eigenvalue weighted by Crippen LogP contribution is -2.46. The lowest BCUT2D eigenvalue weighted by Gasteiger charge is -2.33. The van der Waals surface area contributed by atoms with Gasteiger partial charge >= 0.3 is 0 Å². The molecule has 37 heavy (non-hydrogen) atoms. The van der Waals surface area contributed by atoms with Gasteiger partial charge in [0.05, 0.1) is 23.5 Å². The van der Waals surface area contributed by atoms with Crippen LogP contribution < -0.4 is 10.1 Å². The predicted molar refractivity (Wildman–Crippen MR) is 150 cm³/mol. The van der Waals surface area contributed by atoms with Crippen molar-refractivity contribution in [3.05, 3.63) is 78.0 Å². The highest BCUT2D eigenvalue weighted by Gasteiger charge is 2.15. The van der Waals surface area contributed by atoms with E-state index in [-0.39, 0.29) is 12.2 Å². The normalized spacial score (nSPS) is 14.3. The van der Waals surface area contributed by atoms with Crippen LogP contribution in [-0.4, -0.2) is 71.4 Å². The van der Waals surface area contributed by atoms with Crippen molar-refractivity contribution in [1.82, 2.24) is 19.8 Å². The molecule has 194 valence electrons. The molecule has 0 saturated carbocycles. The van der Waals surface area contributed by atoms with Crippen molar-refractivity contribution in [2.24, 2.45) is 0 Å². The van der Waals surface area contributed by atoms with E-state index >= 15 is 0 Å². The van der Waals surface area contributed by atoms with Crippen LogP contribution in [-0.2, 0) is 11.2 Å².